The normalized spacial score (nSPS) is 11.8. The number of pyridine rings is 1. The molecule has 2 heterocycles. The lowest BCUT2D eigenvalue weighted by atomic mass is 10.1. The lowest BCUT2D eigenvalue weighted by molar-refractivity contribution is 0.143. The lowest BCUT2D eigenvalue weighted by Gasteiger charge is -2.20. The smallest absolute Gasteiger partial charge is 0.407 e. The lowest BCUT2D eigenvalue weighted by Crippen LogP contribution is -2.41. The van der Waals surface area contributed by atoms with E-state index < -0.39 is 11.6 Å². The highest BCUT2D eigenvalue weighted by molar-refractivity contribution is 5.76. The number of nitrogens with zero attached hydrogens (tertiary/aromatic N) is 2. The maximum absolute atomic E-state index is 13.2. The van der Waals surface area contributed by atoms with Gasteiger partial charge in [0.25, 0.3) is 6.01 Å². The van der Waals surface area contributed by atoms with E-state index in [1.165, 1.54) is 0 Å². The van der Waals surface area contributed by atoms with Crippen LogP contribution >= 0.6 is 0 Å². The van der Waals surface area contributed by atoms with Crippen molar-refractivity contribution in [3.05, 3.63) is 54.0 Å². The Morgan fingerprint density at radius 2 is 2.03 bits per heavy atom. The molecule has 0 aliphatic heterocycles. The van der Waals surface area contributed by atoms with E-state index in [0.29, 0.717) is 41.6 Å². The quantitative estimate of drug-likeness (QED) is 0.479. The number of alkyl carbamates (subject to hydrolysis) is 1. The molecular formula is C23H27FN4O5. The van der Waals surface area contributed by atoms with Gasteiger partial charge in [-0.1, -0.05) is 0 Å². The van der Waals surface area contributed by atoms with Crippen LogP contribution < -0.4 is 20.1 Å². The number of amides is 1. The second-order valence-electron chi connectivity index (χ2n) is 8.22. The zero-order valence-corrected chi connectivity index (χ0v) is 19.0. The second-order valence-corrected chi connectivity index (χ2v) is 8.22. The van der Waals surface area contributed by atoms with Crippen molar-refractivity contribution in [2.75, 3.05) is 25.6 Å². The maximum Gasteiger partial charge on any atom is 0.407 e. The fourth-order valence-electron chi connectivity index (χ4n) is 2.70. The van der Waals surface area contributed by atoms with Crippen molar-refractivity contribution in [3.8, 4) is 11.6 Å². The van der Waals surface area contributed by atoms with E-state index in [9.17, 15) is 9.18 Å². The summed E-state index contributed by atoms with van der Waals surface area (Å²) in [5.41, 5.74) is 1.83. The fourth-order valence-corrected chi connectivity index (χ4v) is 2.70. The average Bonchev–Trinajstić information content (AvgIpc) is 3.19. The number of oxazole rings is 1. The van der Waals surface area contributed by atoms with Crippen LogP contribution in [-0.2, 0) is 11.3 Å². The first-order chi connectivity index (χ1) is 15.8. The molecule has 0 saturated heterocycles. The van der Waals surface area contributed by atoms with Crippen molar-refractivity contribution < 1.29 is 27.8 Å². The van der Waals surface area contributed by atoms with E-state index in [2.05, 4.69) is 20.6 Å². The first-order valence-corrected chi connectivity index (χ1v) is 10.2. The van der Waals surface area contributed by atoms with Crippen LogP contribution in [0, 0.1) is 0 Å². The number of benzene rings is 1. The van der Waals surface area contributed by atoms with Crippen LogP contribution in [0.1, 0.15) is 26.3 Å². The Kier molecular flexibility index (Phi) is 7.70. The summed E-state index contributed by atoms with van der Waals surface area (Å²) in [5, 5.41) is 5.74. The van der Waals surface area contributed by atoms with Crippen LogP contribution in [0.3, 0.4) is 0 Å². The molecule has 0 unspecified atom stereocenters. The van der Waals surface area contributed by atoms with Crippen molar-refractivity contribution >= 4 is 23.2 Å². The van der Waals surface area contributed by atoms with Crippen LogP contribution in [0.15, 0.2) is 52.8 Å². The molecule has 0 radical (unpaired) electrons. The van der Waals surface area contributed by atoms with Crippen molar-refractivity contribution in [1.82, 2.24) is 15.3 Å². The van der Waals surface area contributed by atoms with Gasteiger partial charge in [0.15, 0.2) is 5.58 Å². The average molecular weight is 458 g/mol. The van der Waals surface area contributed by atoms with Gasteiger partial charge in [0.2, 0.25) is 5.88 Å². The van der Waals surface area contributed by atoms with E-state index in [1.807, 2.05) is 32.9 Å². The van der Waals surface area contributed by atoms with Gasteiger partial charge >= 0.3 is 6.09 Å². The standard InChI is InChI=1S/C23H27FN4O5/c1-23(2,3)28-22(29)32-14-16(11-24)13-31-17-5-6-18-19(10-17)33-21(27-18)26-12-15-7-8-25-20(9-15)30-4/h5-11H,12-14H2,1-4H3,(H,26,27)(H,28,29)/b16-11-. The monoisotopic (exact) mass is 458 g/mol. The minimum absolute atomic E-state index is 0.0894. The predicted octanol–water partition coefficient (Wildman–Crippen LogP) is 4.60. The molecule has 0 aliphatic carbocycles. The molecule has 10 heteroatoms. The number of aromatic nitrogens is 2. The largest absolute Gasteiger partial charge is 0.489 e. The summed E-state index contributed by atoms with van der Waals surface area (Å²) in [6.07, 6.45) is 1.40. The van der Waals surface area contributed by atoms with Gasteiger partial charge in [-0.3, -0.25) is 0 Å². The SMILES string of the molecule is COc1cc(CNc2nc3ccc(OC/C(=C/F)COC(=O)NC(C)(C)C)cc3o2)ccn1. The van der Waals surface area contributed by atoms with E-state index in [1.54, 1.807) is 31.5 Å². The Morgan fingerprint density at radius 1 is 1.21 bits per heavy atom. The van der Waals surface area contributed by atoms with E-state index in [4.69, 9.17) is 18.6 Å². The number of carbonyl (C=O) groups is 1. The molecule has 1 aromatic carbocycles. The molecule has 0 aliphatic rings. The molecule has 1 amide bonds. The van der Waals surface area contributed by atoms with Gasteiger partial charge < -0.3 is 29.3 Å². The van der Waals surface area contributed by atoms with Gasteiger partial charge in [0, 0.05) is 36.0 Å². The topological polar surface area (TPSA) is 108 Å². The van der Waals surface area contributed by atoms with E-state index >= 15 is 0 Å². The van der Waals surface area contributed by atoms with Gasteiger partial charge in [0.1, 0.15) is 24.5 Å². The number of anilines is 1. The number of carbonyl (C=O) groups excluding carboxylic acids is 1. The Balaban J connectivity index is 1.54. The Hall–Kier alpha value is -3.82. The number of nitrogens with one attached hydrogen (secondary N) is 2. The highest BCUT2D eigenvalue weighted by Gasteiger charge is 2.15. The third-order valence-corrected chi connectivity index (χ3v) is 4.26. The van der Waals surface area contributed by atoms with Crippen molar-refractivity contribution in [3.63, 3.8) is 0 Å². The molecule has 176 valence electrons. The number of hydrogen-bond acceptors (Lipinski definition) is 8. The van der Waals surface area contributed by atoms with Crippen LogP contribution in [0.4, 0.5) is 15.2 Å². The minimum Gasteiger partial charge on any atom is -0.489 e. The van der Waals surface area contributed by atoms with Crippen molar-refractivity contribution in [1.29, 1.82) is 0 Å². The molecule has 2 aromatic heterocycles. The van der Waals surface area contributed by atoms with E-state index in [-0.39, 0.29) is 18.8 Å². The second kappa shape index (κ2) is 10.7. The first kappa shape index (κ1) is 23.8. The van der Waals surface area contributed by atoms with Gasteiger partial charge in [0.05, 0.1) is 13.4 Å². The summed E-state index contributed by atoms with van der Waals surface area (Å²) in [4.78, 5) is 20.2. The Labute approximate surface area is 190 Å². The zero-order valence-electron chi connectivity index (χ0n) is 19.0. The minimum atomic E-state index is -0.629. The predicted molar refractivity (Wildman–Crippen MR) is 121 cm³/mol. The molecule has 0 spiro atoms. The van der Waals surface area contributed by atoms with Crippen LogP contribution in [0.2, 0.25) is 0 Å². The number of fused-ring (bicyclic) bond motifs is 1. The van der Waals surface area contributed by atoms with Gasteiger partial charge in [-0.15, -0.1) is 0 Å². The third kappa shape index (κ3) is 7.37. The van der Waals surface area contributed by atoms with Gasteiger partial charge in [-0.25, -0.2) is 14.2 Å². The summed E-state index contributed by atoms with van der Waals surface area (Å²) in [7, 11) is 1.56. The summed E-state index contributed by atoms with van der Waals surface area (Å²) >= 11 is 0. The molecule has 3 rings (SSSR count). The van der Waals surface area contributed by atoms with Crippen LogP contribution in [0.5, 0.6) is 11.6 Å². The summed E-state index contributed by atoms with van der Waals surface area (Å²) in [6, 6.07) is 9.11. The number of ether oxygens (including phenoxy) is 3. The summed E-state index contributed by atoms with van der Waals surface area (Å²) in [5.74, 6) is 0.984. The summed E-state index contributed by atoms with van der Waals surface area (Å²) < 4.78 is 34.7. The van der Waals surface area contributed by atoms with Gasteiger partial charge in [-0.2, -0.15) is 4.98 Å². The molecule has 0 bridgehead atoms. The highest BCUT2D eigenvalue weighted by atomic mass is 19.1. The molecule has 0 saturated carbocycles. The van der Waals surface area contributed by atoms with Crippen molar-refractivity contribution in [2.24, 2.45) is 0 Å². The Bertz CT molecular complexity index is 1120. The third-order valence-electron chi connectivity index (χ3n) is 4.26. The fraction of sp³-hybridized carbons (Fsp3) is 0.348. The molecule has 33 heavy (non-hydrogen) atoms. The molecule has 3 aromatic rings. The number of hydrogen-bond donors (Lipinski definition) is 2. The molecule has 0 fully saturated rings. The number of rotatable bonds is 9. The van der Waals surface area contributed by atoms with Crippen molar-refractivity contribution in [2.45, 2.75) is 32.9 Å². The highest BCUT2D eigenvalue weighted by Crippen LogP contribution is 2.24. The zero-order chi connectivity index (χ0) is 23.8. The molecule has 2 N–H and O–H groups in total. The first-order valence-electron chi connectivity index (χ1n) is 10.2. The summed E-state index contributed by atoms with van der Waals surface area (Å²) in [6.45, 7) is 5.62. The number of halogens is 1. The van der Waals surface area contributed by atoms with E-state index in [0.717, 1.165) is 5.56 Å². The van der Waals surface area contributed by atoms with Gasteiger partial charge in [-0.05, 0) is 44.5 Å². The molecule has 9 nitrogen and oxygen atoms in total. The van der Waals surface area contributed by atoms with Crippen LogP contribution in [-0.4, -0.2) is 41.9 Å². The van der Waals surface area contributed by atoms with Crippen LogP contribution in [0.25, 0.3) is 11.1 Å². The molecular weight excluding hydrogens is 431 g/mol. The Morgan fingerprint density at radius 3 is 2.76 bits per heavy atom. The maximum atomic E-state index is 13.2. The molecule has 0 atom stereocenters. The number of methoxy groups -OCH3 is 1.